The summed E-state index contributed by atoms with van der Waals surface area (Å²) in [7, 11) is 5.18. The summed E-state index contributed by atoms with van der Waals surface area (Å²) in [6.07, 6.45) is 0. The molecule has 1 aromatic carbocycles. The number of carbonyl (C=O) groups is 1. The Balaban J connectivity index is 0.00000288. The zero-order valence-corrected chi connectivity index (χ0v) is 15.7. The second-order valence-electron chi connectivity index (χ2n) is 5.04. The van der Waals surface area contributed by atoms with E-state index in [2.05, 4.69) is 15.5 Å². The molecule has 7 nitrogen and oxygen atoms in total. The van der Waals surface area contributed by atoms with Gasteiger partial charge < -0.3 is 15.0 Å². The lowest BCUT2D eigenvalue weighted by Gasteiger charge is -2.07. The van der Waals surface area contributed by atoms with Crippen LogP contribution in [-0.4, -0.2) is 53.6 Å². The van der Waals surface area contributed by atoms with Gasteiger partial charge in [0.15, 0.2) is 5.82 Å². The molecule has 0 spiro atoms. The van der Waals surface area contributed by atoms with Gasteiger partial charge in [-0.05, 0) is 32.3 Å². The van der Waals surface area contributed by atoms with Crippen LogP contribution < -0.4 is 5.32 Å². The predicted molar refractivity (Wildman–Crippen MR) is 96.9 cm³/mol. The van der Waals surface area contributed by atoms with Crippen LogP contribution in [0.1, 0.15) is 10.5 Å². The second kappa shape index (κ2) is 9.08. The number of benzene rings is 1. The zero-order chi connectivity index (χ0) is 17.0. The largest absolute Gasteiger partial charge is 0.464 e. The topological polar surface area (TPSA) is 72.3 Å². The van der Waals surface area contributed by atoms with Gasteiger partial charge in [-0.1, -0.05) is 23.2 Å². The molecular formula is C14H18Cl3N5O2. The molecule has 0 radical (unpaired) electrons. The first kappa shape index (κ1) is 20.5. The molecule has 1 aromatic heterocycles. The molecule has 132 valence electrons. The summed E-state index contributed by atoms with van der Waals surface area (Å²) in [5, 5.41) is 12.3. The fourth-order valence-electron chi connectivity index (χ4n) is 1.77. The normalized spacial score (nSPS) is 10.4. The Morgan fingerprint density at radius 3 is 2.58 bits per heavy atom. The standard InChI is InChI=1S/C14H17Cl2N5O2.ClH/c1-20(2)6-7-21-18-12(14(22)23-3)13(19-21)17-9-4-5-10(15)11(16)8-9;/h4-5,8H,6-7H2,1-3H3,(H,17,19);1H. The summed E-state index contributed by atoms with van der Waals surface area (Å²) in [5.41, 5.74) is 0.751. The van der Waals surface area contributed by atoms with Crippen LogP contribution in [0.2, 0.25) is 10.0 Å². The van der Waals surface area contributed by atoms with Crippen LogP contribution in [0.5, 0.6) is 0 Å². The van der Waals surface area contributed by atoms with E-state index in [1.54, 1.807) is 18.2 Å². The first-order valence-electron chi connectivity index (χ1n) is 6.81. The molecule has 2 rings (SSSR count). The molecule has 0 aliphatic carbocycles. The maximum absolute atomic E-state index is 11.9. The average Bonchev–Trinajstić information content (AvgIpc) is 2.91. The highest BCUT2D eigenvalue weighted by molar-refractivity contribution is 6.42. The van der Waals surface area contributed by atoms with E-state index in [1.165, 1.54) is 11.9 Å². The van der Waals surface area contributed by atoms with Crippen molar-refractivity contribution >= 4 is 53.1 Å². The van der Waals surface area contributed by atoms with Crippen molar-refractivity contribution in [3.8, 4) is 0 Å². The number of nitrogens with zero attached hydrogens (tertiary/aromatic N) is 4. The molecule has 0 aliphatic heterocycles. The number of methoxy groups -OCH3 is 1. The quantitative estimate of drug-likeness (QED) is 0.759. The Morgan fingerprint density at radius 1 is 1.29 bits per heavy atom. The lowest BCUT2D eigenvalue weighted by molar-refractivity contribution is 0.0594. The van der Waals surface area contributed by atoms with Crippen LogP contribution in [-0.2, 0) is 11.3 Å². The minimum atomic E-state index is -0.566. The third kappa shape index (κ3) is 5.24. The summed E-state index contributed by atoms with van der Waals surface area (Å²) in [6.45, 7) is 1.28. The smallest absolute Gasteiger partial charge is 0.362 e. The van der Waals surface area contributed by atoms with Gasteiger partial charge in [0.1, 0.15) is 0 Å². The molecule has 24 heavy (non-hydrogen) atoms. The number of rotatable bonds is 6. The number of anilines is 2. The van der Waals surface area contributed by atoms with E-state index >= 15 is 0 Å². The number of nitrogens with one attached hydrogen (secondary N) is 1. The van der Waals surface area contributed by atoms with E-state index in [0.717, 1.165) is 6.54 Å². The fourth-order valence-corrected chi connectivity index (χ4v) is 2.06. The van der Waals surface area contributed by atoms with Crippen LogP contribution >= 0.6 is 35.6 Å². The molecule has 0 amide bonds. The summed E-state index contributed by atoms with van der Waals surface area (Å²) in [4.78, 5) is 15.3. The highest BCUT2D eigenvalue weighted by Gasteiger charge is 2.20. The monoisotopic (exact) mass is 393 g/mol. The number of carbonyl (C=O) groups excluding carboxylic acids is 1. The molecule has 0 saturated carbocycles. The van der Waals surface area contributed by atoms with Gasteiger partial charge in [-0.25, -0.2) is 4.79 Å². The fraction of sp³-hybridized carbons (Fsp3) is 0.357. The third-order valence-electron chi connectivity index (χ3n) is 2.96. The lowest BCUT2D eigenvalue weighted by Crippen LogP contribution is -2.20. The minimum Gasteiger partial charge on any atom is -0.464 e. The molecule has 0 saturated heterocycles. The molecule has 0 bridgehead atoms. The van der Waals surface area contributed by atoms with Crippen LogP contribution in [0, 0.1) is 0 Å². The average molecular weight is 395 g/mol. The van der Waals surface area contributed by atoms with Crippen molar-refractivity contribution in [2.75, 3.05) is 33.1 Å². The Bertz CT molecular complexity index is 706. The summed E-state index contributed by atoms with van der Waals surface area (Å²) in [5.74, 6) is -0.266. The SMILES string of the molecule is COC(=O)c1nn(CCN(C)C)nc1Nc1ccc(Cl)c(Cl)c1.Cl. The molecule has 0 fully saturated rings. The Morgan fingerprint density at radius 2 is 2.00 bits per heavy atom. The van der Waals surface area contributed by atoms with E-state index in [4.69, 9.17) is 27.9 Å². The van der Waals surface area contributed by atoms with Crippen molar-refractivity contribution < 1.29 is 9.53 Å². The third-order valence-corrected chi connectivity index (χ3v) is 3.70. The Kier molecular flexibility index (Phi) is 7.75. The molecule has 2 aromatic rings. The van der Waals surface area contributed by atoms with Crippen LogP contribution in [0.15, 0.2) is 18.2 Å². The van der Waals surface area contributed by atoms with Gasteiger partial charge in [0.25, 0.3) is 0 Å². The molecule has 1 N–H and O–H groups in total. The first-order chi connectivity index (χ1) is 10.9. The maximum atomic E-state index is 11.9. The number of likely N-dealkylation sites (N-methyl/N-ethyl adjacent to an activating group) is 1. The molecule has 1 heterocycles. The summed E-state index contributed by atoms with van der Waals surface area (Å²) >= 11 is 11.9. The number of hydrogen-bond acceptors (Lipinski definition) is 6. The van der Waals surface area contributed by atoms with E-state index in [1.807, 2.05) is 19.0 Å². The summed E-state index contributed by atoms with van der Waals surface area (Å²) < 4.78 is 4.74. The van der Waals surface area contributed by atoms with Gasteiger partial charge in [-0.15, -0.1) is 22.6 Å². The number of esters is 1. The van der Waals surface area contributed by atoms with Crippen LogP contribution in [0.25, 0.3) is 0 Å². The minimum absolute atomic E-state index is 0. The van der Waals surface area contributed by atoms with Crippen LogP contribution in [0.3, 0.4) is 0 Å². The van der Waals surface area contributed by atoms with Crippen molar-refractivity contribution in [3.63, 3.8) is 0 Å². The van der Waals surface area contributed by atoms with E-state index in [-0.39, 0.29) is 18.1 Å². The highest BCUT2D eigenvalue weighted by atomic mass is 35.5. The van der Waals surface area contributed by atoms with E-state index in [0.29, 0.717) is 28.1 Å². The van der Waals surface area contributed by atoms with Gasteiger partial charge in [0.2, 0.25) is 5.69 Å². The molecule has 10 heteroatoms. The van der Waals surface area contributed by atoms with Crippen molar-refractivity contribution in [2.24, 2.45) is 0 Å². The van der Waals surface area contributed by atoms with Gasteiger partial charge >= 0.3 is 5.97 Å². The second-order valence-corrected chi connectivity index (χ2v) is 5.86. The van der Waals surface area contributed by atoms with Crippen molar-refractivity contribution in [1.82, 2.24) is 19.9 Å². The number of ether oxygens (including phenoxy) is 1. The maximum Gasteiger partial charge on any atom is 0.362 e. The van der Waals surface area contributed by atoms with Crippen molar-refractivity contribution in [3.05, 3.63) is 33.9 Å². The molecule has 0 aliphatic rings. The van der Waals surface area contributed by atoms with Crippen LogP contribution in [0.4, 0.5) is 11.5 Å². The van der Waals surface area contributed by atoms with E-state index < -0.39 is 5.97 Å². The lowest BCUT2D eigenvalue weighted by atomic mass is 10.3. The number of hydrogen-bond donors (Lipinski definition) is 1. The van der Waals surface area contributed by atoms with Gasteiger partial charge in [-0.2, -0.15) is 4.80 Å². The number of halogens is 3. The van der Waals surface area contributed by atoms with Gasteiger partial charge in [-0.3, -0.25) is 0 Å². The Hall–Kier alpha value is -1.54. The van der Waals surface area contributed by atoms with Gasteiger partial charge in [0, 0.05) is 12.2 Å². The van der Waals surface area contributed by atoms with Gasteiger partial charge in [0.05, 0.1) is 23.7 Å². The zero-order valence-electron chi connectivity index (χ0n) is 13.4. The number of aromatic nitrogens is 3. The molecular weight excluding hydrogens is 377 g/mol. The molecule has 0 atom stereocenters. The highest BCUT2D eigenvalue weighted by Crippen LogP contribution is 2.27. The first-order valence-corrected chi connectivity index (χ1v) is 7.56. The summed E-state index contributed by atoms with van der Waals surface area (Å²) in [6, 6.07) is 5.03. The Labute approximate surface area is 156 Å². The van der Waals surface area contributed by atoms with E-state index in [9.17, 15) is 4.79 Å². The van der Waals surface area contributed by atoms with Crippen molar-refractivity contribution in [1.29, 1.82) is 0 Å². The predicted octanol–water partition coefficient (Wildman–Crippen LogP) is 3.10. The van der Waals surface area contributed by atoms with Crippen molar-refractivity contribution in [2.45, 2.75) is 6.54 Å². The molecule has 0 unspecified atom stereocenters.